The summed E-state index contributed by atoms with van der Waals surface area (Å²) in [6.07, 6.45) is -8.65. The number of hydrogen-bond acceptors (Lipinski definition) is 4. The maximum atomic E-state index is 13.9. The second-order valence-electron chi connectivity index (χ2n) is 8.87. The van der Waals surface area contributed by atoms with Crippen LogP contribution in [0.2, 0.25) is 0 Å². The van der Waals surface area contributed by atoms with Crippen LogP contribution in [0.3, 0.4) is 0 Å². The molecule has 0 unspecified atom stereocenters. The van der Waals surface area contributed by atoms with Crippen LogP contribution in [0.25, 0.3) is 17.0 Å². The van der Waals surface area contributed by atoms with Gasteiger partial charge < -0.3 is 9.30 Å². The molecule has 1 aromatic heterocycles. The van der Waals surface area contributed by atoms with Crippen molar-refractivity contribution in [3.05, 3.63) is 106 Å². The molecule has 1 saturated heterocycles. The lowest BCUT2D eigenvalue weighted by Crippen LogP contribution is -2.18. The summed E-state index contributed by atoms with van der Waals surface area (Å²) < 4.78 is 88.4. The van der Waals surface area contributed by atoms with Gasteiger partial charge in [-0.3, -0.25) is 14.9 Å². The Hall–Kier alpha value is -4.19. The van der Waals surface area contributed by atoms with E-state index < -0.39 is 46.7 Å². The van der Waals surface area contributed by atoms with Gasteiger partial charge in [-0.2, -0.15) is 26.3 Å². The van der Waals surface area contributed by atoms with Crippen LogP contribution in [0.15, 0.2) is 77.7 Å². The topological polar surface area (TPSA) is 60.3 Å². The van der Waals surface area contributed by atoms with Crippen molar-refractivity contribution in [2.75, 3.05) is 0 Å². The maximum Gasteiger partial charge on any atom is 0.416 e. The van der Waals surface area contributed by atoms with Crippen molar-refractivity contribution in [2.45, 2.75) is 25.5 Å². The minimum atomic E-state index is -5.05. The van der Waals surface area contributed by atoms with Crippen LogP contribution in [0.1, 0.15) is 27.9 Å². The fourth-order valence-corrected chi connectivity index (χ4v) is 4.94. The average Bonchev–Trinajstić information content (AvgIpc) is 3.39. The van der Waals surface area contributed by atoms with Gasteiger partial charge in [-0.1, -0.05) is 36.4 Å². The minimum Gasteiger partial charge on any atom is -0.489 e. The van der Waals surface area contributed by atoms with Crippen LogP contribution in [0, 0.1) is 0 Å². The number of rotatable bonds is 6. The summed E-state index contributed by atoms with van der Waals surface area (Å²) in [6, 6.07) is 17.3. The predicted octanol–water partition coefficient (Wildman–Crippen LogP) is 7.63. The molecule has 5 nitrogen and oxygen atoms in total. The molecule has 0 radical (unpaired) electrons. The van der Waals surface area contributed by atoms with Crippen molar-refractivity contribution in [2.24, 2.45) is 0 Å². The highest BCUT2D eigenvalue weighted by molar-refractivity contribution is 8.18. The van der Waals surface area contributed by atoms with Crippen molar-refractivity contribution in [3.63, 3.8) is 0 Å². The van der Waals surface area contributed by atoms with Crippen molar-refractivity contribution in [1.29, 1.82) is 0 Å². The first-order valence-electron chi connectivity index (χ1n) is 11.7. The number of hydrogen-bond donors (Lipinski definition) is 1. The lowest BCUT2D eigenvalue weighted by Gasteiger charge is -2.18. The van der Waals surface area contributed by atoms with Crippen LogP contribution in [-0.2, 0) is 30.3 Å². The van der Waals surface area contributed by atoms with Gasteiger partial charge in [0.2, 0.25) is 0 Å². The number of benzene rings is 3. The van der Waals surface area contributed by atoms with E-state index in [1.165, 1.54) is 10.6 Å². The molecule has 12 heteroatoms. The summed E-state index contributed by atoms with van der Waals surface area (Å²) in [5.74, 6) is -0.189. The van der Waals surface area contributed by atoms with Crippen molar-refractivity contribution < 1.29 is 40.7 Å². The van der Waals surface area contributed by atoms with Gasteiger partial charge in [-0.05, 0) is 65.4 Å². The summed E-state index contributed by atoms with van der Waals surface area (Å²) in [5, 5.41) is 2.06. The van der Waals surface area contributed by atoms with E-state index in [1.807, 2.05) is 30.3 Å². The number of ether oxygens (including phenoxy) is 1. The third-order valence-electron chi connectivity index (χ3n) is 6.15. The Morgan fingerprint density at radius 3 is 2.27 bits per heavy atom. The Morgan fingerprint density at radius 1 is 0.875 bits per heavy atom. The molecule has 3 aromatic carbocycles. The van der Waals surface area contributed by atoms with Crippen molar-refractivity contribution >= 4 is 39.9 Å². The summed E-state index contributed by atoms with van der Waals surface area (Å²) in [4.78, 5) is 23.8. The maximum absolute atomic E-state index is 13.9. The lowest BCUT2D eigenvalue weighted by molar-refractivity contribution is -0.143. The normalized spacial score (nSPS) is 15.2. The number of nitrogens with zero attached hydrogens (tertiary/aromatic N) is 1. The molecule has 2 amide bonds. The van der Waals surface area contributed by atoms with Gasteiger partial charge in [0.05, 0.1) is 16.0 Å². The average molecular weight is 577 g/mol. The SMILES string of the molecule is O=C1NC(=O)/C(=C/c2cc3cc(OCc4ccccc4)ccc3n2Cc2ccc(C(F)(F)F)cc2C(F)(F)F)S1. The zero-order valence-corrected chi connectivity index (χ0v) is 21.1. The van der Waals surface area contributed by atoms with Gasteiger partial charge in [-0.15, -0.1) is 0 Å². The highest BCUT2D eigenvalue weighted by atomic mass is 32.2. The fourth-order valence-electron chi connectivity index (χ4n) is 4.28. The predicted molar refractivity (Wildman–Crippen MR) is 137 cm³/mol. The largest absolute Gasteiger partial charge is 0.489 e. The van der Waals surface area contributed by atoms with E-state index >= 15 is 0 Å². The number of alkyl halides is 6. The van der Waals surface area contributed by atoms with Crippen LogP contribution >= 0.6 is 11.8 Å². The Kier molecular flexibility index (Phi) is 7.13. The van der Waals surface area contributed by atoms with E-state index in [4.69, 9.17) is 4.74 Å². The second-order valence-corrected chi connectivity index (χ2v) is 9.88. The summed E-state index contributed by atoms with van der Waals surface area (Å²) in [7, 11) is 0. The molecule has 0 spiro atoms. The third kappa shape index (κ3) is 5.86. The Bertz CT molecular complexity index is 1640. The smallest absolute Gasteiger partial charge is 0.416 e. The first-order chi connectivity index (χ1) is 18.9. The summed E-state index contributed by atoms with van der Waals surface area (Å²) in [5.41, 5.74) is -1.60. The van der Waals surface area contributed by atoms with Crippen LogP contribution in [0.5, 0.6) is 5.75 Å². The minimum absolute atomic E-state index is 0.0260. The molecule has 0 saturated carbocycles. The van der Waals surface area contributed by atoms with E-state index in [2.05, 4.69) is 5.32 Å². The number of amides is 2. The van der Waals surface area contributed by atoms with Crippen LogP contribution in [-0.4, -0.2) is 15.7 Å². The molecule has 206 valence electrons. The molecule has 0 bridgehead atoms. The Labute approximate surface area is 227 Å². The van der Waals surface area contributed by atoms with Gasteiger partial charge in [0, 0.05) is 23.1 Å². The number of fused-ring (bicyclic) bond motifs is 1. The fraction of sp³-hybridized carbons (Fsp3) is 0.143. The molecule has 4 aromatic rings. The number of aromatic nitrogens is 1. The zero-order chi connectivity index (χ0) is 28.7. The van der Waals surface area contributed by atoms with Crippen molar-refractivity contribution in [1.82, 2.24) is 9.88 Å². The zero-order valence-electron chi connectivity index (χ0n) is 20.3. The molecule has 1 N–H and O–H groups in total. The van der Waals surface area contributed by atoms with Gasteiger partial charge in [0.15, 0.2) is 0 Å². The first-order valence-corrected chi connectivity index (χ1v) is 12.5. The molecule has 2 heterocycles. The van der Waals surface area contributed by atoms with Crippen LogP contribution < -0.4 is 10.1 Å². The molecule has 40 heavy (non-hydrogen) atoms. The summed E-state index contributed by atoms with van der Waals surface area (Å²) >= 11 is 0.633. The van der Waals surface area contributed by atoms with Crippen LogP contribution in [0.4, 0.5) is 31.1 Å². The highest BCUT2D eigenvalue weighted by Gasteiger charge is 2.38. The van der Waals surface area contributed by atoms with Gasteiger partial charge >= 0.3 is 12.4 Å². The van der Waals surface area contributed by atoms with Gasteiger partial charge in [0.1, 0.15) is 12.4 Å². The highest BCUT2D eigenvalue weighted by Crippen LogP contribution is 2.39. The van der Waals surface area contributed by atoms with E-state index in [-0.39, 0.29) is 23.3 Å². The number of imide groups is 1. The van der Waals surface area contributed by atoms with E-state index in [1.54, 1.807) is 24.3 Å². The second kappa shape index (κ2) is 10.4. The number of halogens is 6. The standard InChI is InChI=1S/C28H18F6N2O3S/c29-27(30,31)19-7-6-17(22(12-19)28(32,33)34)14-36-20(13-24-25(37)35-26(38)40-24)10-18-11-21(8-9-23(18)36)39-15-16-4-2-1-3-5-16/h1-13H,14-15H2,(H,35,37,38)/b24-13-. The Balaban J connectivity index is 1.58. The molecule has 1 aliphatic rings. The molecule has 0 aliphatic carbocycles. The number of carbonyl (C=O) groups excluding carboxylic acids is 2. The molecule has 1 fully saturated rings. The third-order valence-corrected chi connectivity index (χ3v) is 6.96. The molecular formula is C28H18F6N2O3S. The van der Waals surface area contributed by atoms with Gasteiger partial charge in [0.25, 0.3) is 11.1 Å². The monoisotopic (exact) mass is 576 g/mol. The quantitative estimate of drug-likeness (QED) is 0.189. The first kappa shape index (κ1) is 27.4. The van der Waals surface area contributed by atoms with E-state index in [9.17, 15) is 35.9 Å². The van der Waals surface area contributed by atoms with E-state index in [0.29, 0.717) is 34.5 Å². The number of carbonyl (C=O) groups is 2. The molecule has 5 rings (SSSR count). The van der Waals surface area contributed by atoms with E-state index in [0.717, 1.165) is 11.6 Å². The summed E-state index contributed by atoms with van der Waals surface area (Å²) in [6.45, 7) is -0.191. The Morgan fingerprint density at radius 2 is 1.62 bits per heavy atom. The lowest BCUT2D eigenvalue weighted by atomic mass is 10.0. The van der Waals surface area contributed by atoms with Gasteiger partial charge in [-0.25, -0.2) is 0 Å². The number of nitrogens with one attached hydrogen (secondary N) is 1. The molecule has 0 atom stereocenters. The molecular weight excluding hydrogens is 558 g/mol. The van der Waals surface area contributed by atoms with Crippen molar-refractivity contribution in [3.8, 4) is 5.75 Å². The molecule has 1 aliphatic heterocycles. The number of thioether (sulfide) groups is 1.